The zero-order valence-electron chi connectivity index (χ0n) is 11.7. The van der Waals surface area contributed by atoms with Crippen molar-refractivity contribution in [3.05, 3.63) is 29.3 Å². The van der Waals surface area contributed by atoms with Gasteiger partial charge in [-0.2, -0.15) is 0 Å². The van der Waals surface area contributed by atoms with E-state index in [0.29, 0.717) is 24.6 Å². The van der Waals surface area contributed by atoms with Crippen LogP contribution in [0.5, 0.6) is 0 Å². The van der Waals surface area contributed by atoms with E-state index in [-0.39, 0.29) is 11.6 Å². The normalized spacial score (nSPS) is 26.1. The molecule has 1 atom stereocenters. The minimum Gasteiger partial charge on any atom is -0.323 e. The monoisotopic (exact) mass is 280 g/mol. The Hall–Kier alpha value is -1.49. The highest BCUT2D eigenvalue weighted by Gasteiger charge is 2.50. The van der Waals surface area contributed by atoms with Gasteiger partial charge in [0.15, 0.2) is 0 Å². The molecule has 2 aliphatic rings. The molecule has 2 heterocycles. The second-order valence-corrected chi connectivity index (χ2v) is 6.01. The summed E-state index contributed by atoms with van der Waals surface area (Å²) in [7, 11) is 0. The largest absolute Gasteiger partial charge is 0.323 e. The molecule has 0 aliphatic carbocycles. The van der Waals surface area contributed by atoms with Crippen LogP contribution in [0.1, 0.15) is 32.3 Å². The molecule has 0 radical (unpaired) electrons. The first-order valence-electron chi connectivity index (χ1n) is 6.99. The number of rotatable bonds is 1. The molecule has 5 heteroatoms. The number of halogens is 2. The molecular weight excluding hydrogens is 262 g/mol. The van der Waals surface area contributed by atoms with Crippen LogP contribution in [-0.4, -0.2) is 29.9 Å². The zero-order valence-corrected chi connectivity index (χ0v) is 11.7. The molecule has 0 bridgehead atoms. The lowest BCUT2D eigenvalue weighted by Crippen LogP contribution is -2.52. The van der Waals surface area contributed by atoms with Crippen LogP contribution in [0.3, 0.4) is 0 Å². The van der Waals surface area contributed by atoms with E-state index in [0.717, 1.165) is 19.0 Å². The van der Waals surface area contributed by atoms with Crippen LogP contribution in [0.15, 0.2) is 12.1 Å². The first kappa shape index (κ1) is 13.5. The van der Waals surface area contributed by atoms with Crippen LogP contribution in [-0.2, 0) is 10.2 Å². The molecule has 20 heavy (non-hydrogen) atoms. The van der Waals surface area contributed by atoms with Crippen molar-refractivity contribution in [2.45, 2.75) is 38.1 Å². The fraction of sp³-hybridized carbons (Fsp3) is 0.533. The smallest absolute Gasteiger partial charge is 0.236 e. The average molecular weight is 280 g/mol. The molecule has 1 saturated heterocycles. The third-order valence-electron chi connectivity index (χ3n) is 4.50. The Labute approximate surface area is 117 Å². The Bertz CT molecular complexity index is 573. The maximum absolute atomic E-state index is 13.9. The molecule has 3 nitrogen and oxygen atoms in total. The van der Waals surface area contributed by atoms with E-state index < -0.39 is 17.0 Å². The van der Waals surface area contributed by atoms with Crippen molar-refractivity contribution in [3.8, 4) is 0 Å². The molecule has 1 spiro atoms. The van der Waals surface area contributed by atoms with Crippen molar-refractivity contribution >= 4 is 11.6 Å². The molecule has 1 aromatic carbocycles. The molecule has 1 aromatic rings. The first-order valence-corrected chi connectivity index (χ1v) is 6.99. The van der Waals surface area contributed by atoms with Crippen LogP contribution >= 0.6 is 0 Å². The molecule has 3 rings (SSSR count). The number of piperidine rings is 1. The molecule has 0 aromatic heterocycles. The van der Waals surface area contributed by atoms with Gasteiger partial charge in [0, 0.05) is 18.7 Å². The lowest BCUT2D eigenvalue weighted by atomic mass is 9.74. The van der Waals surface area contributed by atoms with Crippen LogP contribution in [0.4, 0.5) is 14.5 Å². The van der Waals surface area contributed by atoms with Gasteiger partial charge in [0.1, 0.15) is 11.6 Å². The molecule has 108 valence electrons. The third kappa shape index (κ3) is 1.84. The van der Waals surface area contributed by atoms with Crippen molar-refractivity contribution in [2.75, 3.05) is 18.4 Å². The van der Waals surface area contributed by atoms with Crippen LogP contribution < -0.4 is 5.32 Å². The Morgan fingerprint density at radius 1 is 1.35 bits per heavy atom. The number of amides is 1. The van der Waals surface area contributed by atoms with Gasteiger partial charge in [0.2, 0.25) is 5.91 Å². The number of nitrogens with zero attached hydrogens (tertiary/aromatic N) is 1. The van der Waals surface area contributed by atoms with E-state index in [1.165, 1.54) is 6.07 Å². The van der Waals surface area contributed by atoms with Gasteiger partial charge in [0.05, 0.1) is 11.1 Å². The number of carbonyl (C=O) groups is 1. The Morgan fingerprint density at radius 2 is 2.10 bits per heavy atom. The van der Waals surface area contributed by atoms with E-state index in [2.05, 4.69) is 24.1 Å². The highest BCUT2D eigenvalue weighted by Crippen LogP contribution is 2.45. The van der Waals surface area contributed by atoms with Crippen LogP contribution in [0.2, 0.25) is 0 Å². The second kappa shape index (κ2) is 4.52. The topological polar surface area (TPSA) is 32.3 Å². The molecule has 2 aliphatic heterocycles. The number of benzene rings is 1. The molecule has 1 fully saturated rings. The lowest BCUT2D eigenvalue weighted by Gasteiger charge is -2.41. The summed E-state index contributed by atoms with van der Waals surface area (Å²) in [4.78, 5) is 14.6. The predicted molar refractivity (Wildman–Crippen MR) is 72.6 cm³/mol. The fourth-order valence-corrected chi connectivity index (χ4v) is 3.37. The highest BCUT2D eigenvalue weighted by molar-refractivity contribution is 6.06. The maximum Gasteiger partial charge on any atom is 0.236 e. The number of anilines is 1. The van der Waals surface area contributed by atoms with E-state index in [4.69, 9.17) is 0 Å². The van der Waals surface area contributed by atoms with E-state index in [9.17, 15) is 13.6 Å². The Morgan fingerprint density at radius 3 is 2.80 bits per heavy atom. The number of fused-ring (bicyclic) bond motifs is 2. The third-order valence-corrected chi connectivity index (χ3v) is 4.50. The lowest BCUT2D eigenvalue weighted by molar-refractivity contribution is -0.123. The Kier molecular flexibility index (Phi) is 3.05. The van der Waals surface area contributed by atoms with Crippen LogP contribution in [0, 0.1) is 11.6 Å². The number of hydrogen-bond acceptors (Lipinski definition) is 2. The van der Waals surface area contributed by atoms with Gasteiger partial charge >= 0.3 is 0 Å². The summed E-state index contributed by atoms with van der Waals surface area (Å²) in [5, 5.41) is 2.61. The summed E-state index contributed by atoms with van der Waals surface area (Å²) in [5.41, 5.74) is -0.173. The number of likely N-dealkylation sites (tertiary alicyclic amines) is 1. The number of hydrogen-bond donors (Lipinski definition) is 1. The van der Waals surface area contributed by atoms with Crippen molar-refractivity contribution in [1.82, 2.24) is 4.90 Å². The second-order valence-electron chi connectivity index (χ2n) is 6.01. The molecule has 1 N–H and O–H groups in total. The molecule has 0 saturated carbocycles. The van der Waals surface area contributed by atoms with Crippen molar-refractivity contribution < 1.29 is 13.6 Å². The predicted octanol–water partition coefficient (Wildman–Crippen LogP) is 2.66. The number of carbonyl (C=O) groups excluding carboxylic acids is 1. The standard InChI is InChI=1S/C15H18F2N2O/c1-9(2)19-5-3-4-15(8-19)11-6-10(16)7-12(17)13(11)18-14(15)20/h6-7,9H,3-5,8H2,1-2H3,(H,18,20). The van der Waals surface area contributed by atoms with Gasteiger partial charge in [-0.15, -0.1) is 0 Å². The summed E-state index contributed by atoms with van der Waals surface area (Å²) in [6.07, 6.45) is 1.49. The Balaban J connectivity index is 2.09. The van der Waals surface area contributed by atoms with Gasteiger partial charge in [0.25, 0.3) is 0 Å². The quantitative estimate of drug-likeness (QED) is 0.857. The minimum atomic E-state index is -0.805. The van der Waals surface area contributed by atoms with E-state index in [1.54, 1.807) is 0 Å². The molecule has 1 unspecified atom stereocenters. The maximum atomic E-state index is 13.9. The fourth-order valence-electron chi connectivity index (χ4n) is 3.37. The number of nitrogens with one attached hydrogen (secondary N) is 1. The van der Waals surface area contributed by atoms with Gasteiger partial charge in [-0.25, -0.2) is 8.78 Å². The SMILES string of the molecule is CC(C)N1CCCC2(C1)C(=O)Nc1c(F)cc(F)cc12. The van der Waals surface area contributed by atoms with Gasteiger partial charge < -0.3 is 5.32 Å². The van der Waals surface area contributed by atoms with Crippen molar-refractivity contribution in [1.29, 1.82) is 0 Å². The minimum absolute atomic E-state index is 0.155. The highest BCUT2D eigenvalue weighted by atomic mass is 19.1. The van der Waals surface area contributed by atoms with Gasteiger partial charge in [-0.3, -0.25) is 9.69 Å². The summed E-state index contributed by atoms with van der Waals surface area (Å²) in [6.45, 7) is 5.57. The summed E-state index contributed by atoms with van der Waals surface area (Å²) in [6, 6.07) is 2.43. The molecular formula is C15H18F2N2O. The van der Waals surface area contributed by atoms with Crippen LogP contribution in [0.25, 0.3) is 0 Å². The van der Waals surface area contributed by atoms with Gasteiger partial charge in [-0.1, -0.05) is 0 Å². The van der Waals surface area contributed by atoms with E-state index in [1.807, 2.05) is 0 Å². The van der Waals surface area contributed by atoms with Gasteiger partial charge in [-0.05, 0) is 44.9 Å². The summed E-state index contributed by atoms with van der Waals surface area (Å²) in [5.74, 6) is -1.52. The zero-order chi connectivity index (χ0) is 14.5. The molecule has 1 amide bonds. The van der Waals surface area contributed by atoms with E-state index >= 15 is 0 Å². The first-order chi connectivity index (χ1) is 9.44. The summed E-state index contributed by atoms with van der Waals surface area (Å²) >= 11 is 0. The average Bonchev–Trinajstić information content (AvgIpc) is 2.65. The van der Waals surface area contributed by atoms with Crippen molar-refractivity contribution in [2.24, 2.45) is 0 Å². The van der Waals surface area contributed by atoms with Crippen molar-refractivity contribution in [3.63, 3.8) is 0 Å². The summed E-state index contributed by atoms with van der Waals surface area (Å²) < 4.78 is 27.4.